The quantitative estimate of drug-likeness (QED) is 0.883. The molecule has 1 amide bonds. The van der Waals surface area contributed by atoms with Crippen molar-refractivity contribution in [2.24, 2.45) is 5.92 Å². The van der Waals surface area contributed by atoms with Gasteiger partial charge in [0.05, 0.1) is 5.56 Å². The smallest absolute Gasteiger partial charge is 0.335 e. The first kappa shape index (κ1) is 13.4. The summed E-state index contributed by atoms with van der Waals surface area (Å²) in [6.07, 6.45) is 5.95. The van der Waals surface area contributed by atoms with Gasteiger partial charge in [-0.2, -0.15) is 0 Å². The minimum Gasteiger partial charge on any atom is -0.430 e. The van der Waals surface area contributed by atoms with Crippen LogP contribution in [0.4, 0.5) is 0 Å². The summed E-state index contributed by atoms with van der Waals surface area (Å²) in [7, 11) is 0. The summed E-state index contributed by atoms with van der Waals surface area (Å²) in [6, 6.07) is 3.40. The predicted octanol–water partition coefficient (Wildman–Crippen LogP) is 1.24. The number of likely N-dealkylation sites (tertiary alicyclic amines) is 1. The third kappa shape index (κ3) is 2.77. The van der Waals surface area contributed by atoms with Crippen LogP contribution >= 0.6 is 0 Å². The van der Waals surface area contributed by atoms with Crippen LogP contribution in [0.1, 0.15) is 36.0 Å². The van der Waals surface area contributed by atoms with Gasteiger partial charge in [0.15, 0.2) is 0 Å². The highest BCUT2D eigenvalue weighted by molar-refractivity contribution is 5.93. The molecule has 2 aliphatic heterocycles. The van der Waals surface area contributed by atoms with Gasteiger partial charge in [0.25, 0.3) is 5.91 Å². The van der Waals surface area contributed by atoms with E-state index in [-0.39, 0.29) is 5.91 Å². The highest BCUT2D eigenvalue weighted by Gasteiger charge is 2.31. The molecule has 108 valence electrons. The van der Waals surface area contributed by atoms with Crippen molar-refractivity contribution in [2.45, 2.75) is 31.7 Å². The molecule has 0 saturated carbocycles. The largest absolute Gasteiger partial charge is 0.430 e. The molecule has 0 spiro atoms. The normalized spacial score (nSPS) is 26.7. The Bertz CT molecular complexity index is 514. The molecular formula is C15H20N2O3. The predicted molar refractivity (Wildman–Crippen MR) is 74.6 cm³/mol. The van der Waals surface area contributed by atoms with E-state index in [0.717, 1.165) is 26.1 Å². The number of amides is 1. The van der Waals surface area contributed by atoms with E-state index in [0.29, 0.717) is 17.5 Å². The number of carbonyl (C=O) groups is 1. The molecule has 3 heterocycles. The lowest BCUT2D eigenvalue weighted by molar-refractivity contribution is 0.0648. The molecule has 1 aromatic heterocycles. The molecule has 2 fully saturated rings. The third-order valence-electron chi connectivity index (χ3n) is 4.36. The molecule has 2 aliphatic rings. The maximum Gasteiger partial charge on any atom is 0.335 e. The second-order valence-corrected chi connectivity index (χ2v) is 5.70. The number of carbonyl (C=O) groups excluding carboxylic acids is 1. The van der Waals surface area contributed by atoms with Crippen molar-refractivity contribution in [3.05, 3.63) is 34.4 Å². The van der Waals surface area contributed by atoms with Gasteiger partial charge in [-0.15, -0.1) is 0 Å². The summed E-state index contributed by atoms with van der Waals surface area (Å²) >= 11 is 0. The van der Waals surface area contributed by atoms with Gasteiger partial charge in [-0.3, -0.25) is 4.79 Å². The SMILES string of the molecule is O=C(c1ccc(=O)oc1)N1CCCC(C2CCCN2)C1. The first-order valence-electron chi connectivity index (χ1n) is 7.35. The first-order valence-corrected chi connectivity index (χ1v) is 7.35. The molecule has 5 heteroatoms. The fraction of sp³-hybridized carbons (Fsp3) is 0.600. The monoisotopic (exact) mass is 276 g/mol. The standard InChI is InChI=1S/C15H20N2O3/c18-14-6-5-12(10-20-14)15(19)17-8-2-3-11(9-17)13-4-1-7-16-13/h5-6,10-11,13,16H,1-4,7-9H2. The van der Waals surface area contributed by atoms with Crippen LogP contribution < -0.4 is 10.9 Å². The number of nitrogens with zero attached hydrogens (tertiary/aromatic N) is 1. The number of hydrogen-bond acceptors (Lipinski definition) is 4. The van der Waals surface area contributed by atoms with E-state index >= 15 is 0 Å². The maximum absolute atomic E-state index is 12.4. The van der Waals surface area contributed by atoms with Gasteiger partial charge in [-0.25, -0.2) is 4.79 Å². The van der Waals surface area contributed by atoms with E-state index in [4.69, 9.17) is 4.42 Å². The first-order chi connectivity index (χ1) is 9.74. The van der Waals surface area contributed by atoms with Crippen LogP contribution in [0.2, 0.25) is 0 Å². The van der Waals surface area contributed by atoms with Crippen LogP contribution in [-0.2, 0) is 0 Å². The summed E-state index contributed by atoms with van der Waals surface area (Å²) < 4.78 is 4.78. The topological polar surface area (TPSA) is 62.6 Å². The molecule has 2 saturated heterocycles. The Balaban J connectivity index is 1.68. The molecule has 0 aromatic carbocycles. The van der Waals surface area contributed by atoms with Crippen molar-refractivity contribution in [1.29, 1.82) is 0 Å². The second-order valence-electron chi connectivity index (χ2n) is 5.70. The number of rotatable bonds is 2. The molecular weight excluding hydrogens is 256 g/mol. The average Bonchev–Trinajstić information content (AvgIpc) is 3.02. The molecule has 0 bridgehead atoms. The van der Waals surface area contributed by atoms with Gasteiger partial charge in [-0.05, 0) is 44.2 Å². The van der Waals surface area contributed by atoms with E-state index in [1.54, 1.807) is 6.07 Å². The van der Waals surface area contributed by atoms with E-state index in [1.807, 2.05) is 4.90 Å². The fourth-order valence-electron chi connectivity index (χ4n) is 3.30. The Hall–Kier alpha value is -1.62. The lowest BCUT2D eigenvalue weighted by Crippen LogP contribution is -2.45. The van der Waals surface area contributed by atoms with Gasteiger partial charge in [-0.1, -0.05) is 0 Å². The van der Waals surface area contributed by atoms with Crippen molar-refractivity contribution in [2.75, 3.05) is 19.6 Å². The zero-order valence-electron chi connectivity index (χ0n) is 11.5. The Morgan fingerprint density at radius 1 is 1.30 bits per heavy atom. The molecule has 0 radical (unpaired) electrons. The van der Waals surface area contributed by atoms with Gasteiger partial charge in [0.2, 0.25) is 0 Å². The minimum absolute atomic E-state index is 0.0311. The molecule has 2 unspecified atom stereocenters. The molecule has 1 aromatic rings. The molecule has 0 aliphatic carbocycles. The highest BCUT2D eigenvalue weighted by atomic mass is 16.4. The summed E-state index contributed by atoms with van der Waals surface area (Å²) in [4.78, 5) is 25.3. The lowest BCUT2D eigenvalue weighted by Gasteiger charge is -2.35. The summed E-state index contributed by atoms with van der Waals surface area (Å²) in [5, 5.41) is 3.54. The Morgan fingerprint density at radius 3 is 2.90 bits per heavy atom. The van der Waals surface area contributed by atoms with Crippen LogP contribution in [0.25, 0.3) is 0 Å². The molecule has 2 atom stereocenters. The van der Waals surface area contributed by atoms with Crippen LogP contribution in [-0.4, -0.2) is 36.5 Å². The average molecular weight is 276 g/mol. The molecule has 5 nitrogen and oxygen atoms in total. The Labute approximate surface area is 118 Å². The van der Waals surface area contributed by atoms with Crippen LogP contribution in [0, 0.1) is 5.92 Å². The van der Waals surface area contributed by atoms with Gasteiger partial charge in [0.1, 0.15) is 6.26 Å². The Kier molecular flexibility index (Phi) is 3.87. The van der Waals surface area contributed by atoms with Gasteiger partial charge in [0, 0.05) is 25.2 Å². The van der Waals surface area contributed by atoms with Crippen LogP contribution in [0.3, 0.4) is 0 Å². The second kappa shape index (κ2) is 5.79. The van der Waals surface area contributed by atoms with Gasteiger partial charge >= 0.3 is 5.63 Å². The van der Waals surface area contributed by atoms with E-state index in [9.17, 15) is 9.59 Å². The molecule has 1 N–H and O–H groups in total. The van der Waals surface area contributed by atoms with Crippen molar-refractivity contribution < 1.29 is 9.21 Å². The summed E-state index contributed by atoms with van der Waals surface area (Å²) in [5.41, 5.74) is 0.0397. The zero-order chi connectivity index (χ0) is 13.9. The number of piperidine rings is 1. The van der Waals surface area contributed by atoms with E-state index < -0.39 is 5.63 Å². The van der Waals surface area contributed by atoms with Crippen molar-refractivity contribution >= 4 is 5.91 Å². The number of hydrogen-bond donors (Lipinski definition) is 1. The third-order valence-corrected chi connectivity index (χ3v) is 4.36. The van der Waals surface area contributed by atoms with E-state index in [2.05, 4.69) is 5.32 Å². The van der Waals surface area contributed by atoms with Crippen molar-refractivity contribution in [3.8, 4) is 0 Å². The summed E-state index contributed by atoms with van der Waals surface area (Å²) in [6.45, 7) is 2.69. The van der Waals surface area contributed by atoms with Gasteiger partial charge < -0.3 is 14.6 Å². The fourth-order valence-corrected chi connectivity index (χ4v) is 3.30. The Morgan fingerprint density at radius 2 is 2.20 bits per heavy atom. The molecule has 3 rings (SSSR count). The lowest BCUT2D eigenvalue weighted by atomic mass is 9.89. The van der Waals surface area contributed by atoms with Crippen molar-refractivity contribution in [1.82, 2.24) is 10.2 Å². The molecule has 20 heavy (non-hydrogen) atoms. The van der Waals surface area contributed by atoms with Crippen LogP contribution in [0.5, 0.6) is 0 Å². The highest BCUT2D eigenvalue weighted by Crippen LogP contribution is 2.25. The summed E-state index contributed by atoms with van der Waals surface area (Å²) in [5.74, 6) is 0.516. The minimum atomic E-state index is -0.423. The van der Waals surface area contributed by atoms with Crippen molar-refractivity contribution in [3.63, 3.8) is 0 Å². The zero-order valence-corrected chi connectivity index (χ0v) is 11.5. The maximum atomic E-state index is 12.4. The van der Waals surface area contributed by atoms with E-state index in [1.165, 1.54) is 31.6 Å². The number of nitrogens with one attached hydrogen (secondary N) is 1. The van der Waals surface area contributed by atoms with Crippen LogP contribution in [0.15, 0.2) is 27.6 Å².